The molecule has 3 aliphatic rings. The largest absolute Gasteiger partial charge is 0.414 e. The Morgan fingerprint density at radius 1 is 0.700 bits per heavy atom. The Hall–Kier alpha value is -1.66. The van der Waals surface area contributed by atoms with E-state index in [9.17, 15) is 5.11 Å². The van der Waals surface area contributed by atoms with E-state index in [1.54, 1.807) is 0 Å². The van der Waals surface area contributed by atoms with Gasteiger partial charge in [0, 0.05) is 25.3 Å². The summed E-state index contributed by atoms with van der Waals surface area (Å²) in [5, 5.41) is 13.6. The van der Waals surface area contributed by atoms with Crippen LogP contribution in [0.3, 0.4) is 0 Å². The van der Waals surface area contributed by atoms with Crippen molar-refractivity contribution >= 4 is 55.4 Å². The minimum atomic E-state index is -2.18. The van der Waals surface area contributed by atoms with Crippen LogP contribution in [-0.2, 0) is 21.3 Å². The molecule has 4 aromatic rings. The van der Waals surface area contributed by atoms with Gasteiger partial charge in [-0.3, -0.25) is 4.90 Å². The number of rotatable bonds is 18. The second kappa shape index (κ2) is 20.9. The zero-order chi connectivity index (χ0) is 42.1. The standard InChI is InChI=1S/C51H69NO3S4Si/c1-48(2,3)60(4,5)55-45(38-49(56-34-20-35-57-49)31-19-33-54-40-41-22-10-6-11-23-41)39-50(58-36-21-37-59-50)47(53)46-30-18-32-52(46)51(42-24-12-7-13-25-42,43-26-14-8-15-27-43)44-28-16-9-17-29-44/h6-17,22-29,45-47,53H,18-21,30-40H2,1-5H3/t45-,46+,47+/m0/s1. The molecular weight excluding hydrogens is 831 g/mol. The van der Waals surface area contributed by atoms with Crippen LogP contribution in [0.4, 0.5) is 0 Å². The quantitative estimate of drug-likeness (QED) is 0.0602. The molecule has 7 rings (SSSR count). The smallest absolute Gasteiger partial charge is 0.192 e. The number of likely N-dealkylation sites (tertiary alicyclic amines) is 1. The molecule has 4 nitrogen and oxygen atoms in total. The van der Waals surface area contributed by atoms with Gasteiger partial charge >= 0.3 is 0 Å². The summed E-state index contributed by atoms with van der Waals surface area (Å²) >= 11 is 8.43. The van der Waals surface area contributed by atoms with Gasteiger partial charge < -0.3 is 14.3 Å². The van der Waals surface area contributed by atoms with Crippen molar-refractivity contribution in [2.45, 2.75) is 129 Å². The molecule has 3 heterocycles. The fourth-order valence-corrected chi connectivity index (χ4v) is 17.9. The Bertz CT molecular complexity index is 1770. The minimum Gasteiger partial charge on any atom is -0.414 e. The molecule has 0 radical (unpaired) electrons. The molecule has 60 heavy (non-hydrogen) atoms. The molecule has 0 amide bonds. The average molecular weight is 900 g/mol. The highest BCUT2D eigenvalue weighted by Gasteiger charge is 2.55. The Balaban J connectivity index is 1.23. The highest BCUT2D eigenvalue weighted by atomic mass is 32.2. The van der Waals surface area contributed by atoms with Crippen LogP contribution in [-0.4, -0.2) is 80.9 Å². The fraction of sp³-hybridized carbons (Fsp3) is 0.529. The van der Waals surface area contributed by atoms with Gasteiger partial charge in [-0.1, -0.05) is 142 Å². The summed E-state index contributed by atoms with van der Waals surface area (Å²) in [5.41, 5.74) is 4.42. The van der Waals surface area contributed by atoms with Crippen LogP contribution in [0.15, 0.2) is 121 Å². The molecule has 3 saturated heterocycles. The Morgan fingerprint density at radius 2 is 1.20 bits per heavy atom. The number of ether oxygens (including phenoxy) is 1. The van der Waals surface area contributed by atoms with Crippen molar-refractivity contribution in [2.24, 2.45) is 0 Å². The van der Waals surface area contributed by atoms with Crippen LogP contribution in [0.2, 0.25) is 18.1 Å². The van der Waals surface area contributed by atoms with Crippen molar-refractivity contribution in [1.29, 1.82) is 0 Å². The lowest BCUT2D eigenvalue weighted by molar-refractivity contribution is 0.0172. The average Bonchev–Trinajstić information content (AvgIpc) is 3.75. The van der Waals surface area contributed by atoms with Gasteiger partial charge in [0.25, 0.3) is 0 Å². The van der Waals surface area contributed by atoms with E-state index in [4.69, 9.17) is 9.16 Å². The second-order valence-electron chi connectivity index (χ2n) is 18.5. The van der Waals surface area contributed by atoms with E-state index in [1.807, 2.05) is 23.5 Å². The molecule has 324 valence electrons. The van der Waals surface area contributed by atoms with Crippen molar-refractivity contribution in [3.63, 3.8) is 0 Å². The van der Waals surface area contributed by atoms with Gasteiger partial charge in [0.1, 0.15) is 0 Å². The van der Waals surface area contributed by atoms with Crippen molar-refractivity contribution < 1.29 is 14.3 Å². The second-order valence-corrected chi connectivity index (χ2v) is 29.6. The molecule has 1 N–H and O–H groups in total. The lowest BCUT2D eigenvalue weighted by Crippen LogP contribution is -2.59. The van der Waals surface area contributed by atoms with Crippen molar-refractivity contribution in [1.82, 2.24) is 4.90 Å². The molecule has 4 aromatic carbocycles. The number of nitrogens with zero attached hydrogens (tertiary/aromatic N) is 1. The highest BCUT2D eigenvalue weighted by molar-refractivity contribution is 8.19. The summed E-state index contributed by atoms with van der Waals surface area (Å²) in [7, 11) is -2.18. The van der Waals surface area contributed by atoms with Gasteiger partial charge in [0.2, 0.25) is 0 Å². The van der Waals surface area contributed by atoms with E-state index in [-0.39, 0.29) is 21.3 Å². The first kappa shape index (κ1) is 46.3. The highest BCUT2D eigenvalue weighted by Crippen LogP contribution is 2.57. The summed E-state index contributed by atoms with van der Waals surface area (Å²) in [4.78, 5) is 2.71. The summed E-state index contributed by atoms with van der Waals surface area (Å²) in [6.07, 6.45) is 7.92. The normalized spacial score (nSPS) is 21.1. The topological polar surface area (TPSA) is 41.9 Å². The maximum absolute atomic E-state index is 13.5. The van der Waals surface area contributed by atoms with Crippen LogP contribution in [0.1, 0.15) is 94.4 Å². The Kier molecular flexibility index (Phi) is 16.1. The number of hydrogen-bond donors (Lipinski definition) is 1. The first-order valence-corrected chi connectivity index (χ1v) is 29.3. The van der Waals surface area contributed by atoms with Crippen molar-refractivity contribution in [3.8, 4) is 0 Å². The van der Waals surface area contributed by atoms with Crippen LogP contribution in [0.25, 0.3) is 0 Å². The number of benzene rings is 4. The predicted molar refractivity (Wildman–Crippen MR) is 266 cm³/mol. The van der Waals surface area contributed by atoms with Crippen molar-refractivity contribution in [2.75, 3.05) is 36.2 Å². The number of aliphatic hydroxyl groups is 1. The molecule has 0 bridgehead atoms. The summed E-state index contributed by atoms with van der Waals surface area (Å²) in [6, 6.07) is 43.8. The van der Waals surface area contributed by atoms with Gasteiger partial charge in [-0.05, 0) is 115 Å². The number of hydrogen-bond acceptors (Lipinski definition) is 8. The number of thioether (sulfide) groups is 4. The summed E-state index contributed by atoms with van der Waals surface area (Å²) < 4.78 is 13.6. The molecular formula is C51H69NO3S4Si. The number of aliphatic hydroxyl groups excluding tert-OH is 1. The molecule has 3 aliphatic heterocycles. The van der Waals surface area contributed by atoms with Crippen LogP contribution in [0.5, 0.6) is 0 Å². The predicted octanol–water partition coefficient (Wildman–Crippen LogP) is 13.1. The van der Waals surface area contributed by atoms with Gasteiger partial charge in [0.05, 0.1) is 26.4 Å². The van der Waals surface area contributed by atoms with Gasteiger partial charge in [0.15, 0.2) is 8.32 Å². The van der Waals surface area contributed by atoms with Gasteiger partial charge in [-0.25, -0.2) is 0 Å². The lowest BCUT2D eigenvalue weighted by Gasteiger charge is -2.52. The van der Waals surface area contributed by atoms with E-state index in [1.165, 1.54) is 46.6 Å². The fourth-order valence-electron chi connectivity index (χ4n) is 9.47. The van der Waals surface area contributed by atoms with Gasteiger partial charge in [-0.15, -0.1) is 47.0 Å². The van der Waals surface area contributed by atoms with E-state index in [2.05, 4.69) is 184 Å². The van der Waals surface area contributed by atoms with E-state index < -0.39 is 24.0 Å². The maximum atomic E-state index is 13.5. The molecule has 0 unspecified atom stereocenters. The Morgan fingerprint density at radius 3 is 1.72 bits per heavy atom. The third-order valence-electron chi connectivity index (χ3n) is 13.4. The monoisotopic (exact) mass is 899 g/mol. The third kappa shape index (κ3) is 10.6. The van der Waals surface area contributed by atoms with Crippen LogP contribution in [0, 0.1) is 0 Å². The molecule has 0 aromatic heterocycles. The van der Waals surface area contributed by atoms with Crippen LogP contribution < -0.4 is 0 Å². The molecule has 0 saturated carbocycles. The zero-order valence-corrected chi connectivity index (χ0v) is 41.0. The van der Waals surface area contributed by atoms with Crippen molar-refractivity contribution in [3.05, 3.63) is 144 Å². The Labute approximate surface area is 380 Å². The van der Waals surface area contributed by atoms with Gasteiger partial charge in [-0.2, -0.15) is 0 Å². The molecule has 0 spiro atoms. The van der Waals surface area contributed by atoms with E-state index in [0.29, 0.717) is 6.61 Å². The van der Waals surface area contributed by atoms with E-state index in [0.717, 1.165) is 63.2 Å². The third-order valence-corrected chi connectivity index (χ3v) is 24.9. The SMILES string of the molecule is CC(C)(C)[Si](C)(C)O[C@@H](CC1(CCCOCc2ccccc2)SCCCS1)CC1([C@H](O)[C@H]2CCCN2C(c2ccccc2)(c2ccccc2)c2ccccc2)SCCCS1. The summed E-state index contributed by atoms with van der Waals surface area (Å²) in [6.45, 7) is 14.3. The maximum Gasteiger partial charge on any atom is 0.192 e. The van der Waals surface area contributed by atoms with Crippen LogP contribution >= 0.6 is 47.0 Å². The lowest BCUT2D eigenvalue weighted by atomic mass is 9.74. The summed E-state index contributed by atoms with van der Waals surface area (Å²) in [5.74, 6) is 4.52. The minimum absolute atomic E-state index is 0.0357. The first-order valence-electron chi connectivity index (χ1n) is 22.4. The molecule has 0 aliphatic carbocycles. The molecule has 3 fully saturated rings. The molecule has 9 heteroatoms. The zero-order valence-electron chi connectivity index (χ0n) is 36.7. The molecule has 3 atom stereocenters. The van der Waals surface area contributed by atoms with E-state index >= 15 is 0 Å². The first-order chi connectivity index (χ1) is 29.0.